The highest BCUT2D eigenvalue weighted by atomic mass is 16.5. The molecule has 0 unspecified atom stereocenters. The zero-order chi connectivity index (χ0) is 19.6. The number of urea groups is 1. The Labute approximate surface area is 159 Å². The third-order valence-corrected chi connectivity index (χ3v) is 6.11. The van der Waals surface area contributed by atoms with Crippen LogP contribution in [-0.4, -0.2) is 64.9 Å². The van der Waals surface area contributed by atoms with Crippen LogP contribution >= 0.6 is 0 Å². The van der Waals surface area contributed by atoms with Gasteiger partial charge in [-0.15, -0.1) is 0 Å². The molecule has 4 amide bonds. The van der Waals surface area contributed by atoms with Crippen molar-refractivity contribution in [3.8, 4) is 0 Å². The second kappa shape index (κ2) is 7.86. The van der Waals surface area contributed by atoms with E-state index in [0.717, 1.165) is 43.4 Å². The summed E-state index contributed by atoms with van der Waals surface area (Å²) in [5.41, 5.74) is -0.898. The maximum atomic E-state index is 12.9. The molecule has 8 nitrogen and oxygen atoms in total. The number of rotatable bonds is 4. The predicted octanol–water partition coefficient (Wildman–Crippen LogP) is 1.43. The molecule has 8 heteroatoms. The maximum Gasteiger partial charge on any atom is 0.327 e. The molecule has 150 valence electrons. The summed E-state index contributed by atoms with van der Waals surface area (Å²) in [5.74, 6) is -1.29. The molecular weight excluding hydrogens is 350 g/mol. The van der Waals surface area contributed by atoms with Crippen molar-refractivity contribution >= 4 is 23.8 Å². The van der Waals surface area contributed by atoms with Crippen LogP contribution < -0.4 is 5.32 Å². The highest BCUT2D eigenvalue weighted by Crippen LogP contribution is 2.38. The fourth-order valence-electron chi connectivity index (χ4n) is 4.42. The predicted molar refractivity (Wildman–Crippen MR) is 96.6 cm³/mol. The molecule has 1 saturated carbocycles. The normalized spacial score (nSPS) is 29.6. The van der Waals surface area contributed by atoms with Gasteiger partial charge >= 0.3 is 12.0 Å². The van der Waals surface area contributed by atoms with Crippen molar-refractivity contribution in [3.05, 3.63) is 0 Å². The SMILES string of the molecule is C[C@H](OC(=O)CN1C(=O)N[C@]2(CCCC[C@@H]2C)C1=O)C(=O)N1CCCCC1. The first kappa shape index (κ1) is 19.6. The molecule has 2 saturated heterocycles. The summed E-state index contributed by atoms with van der Waals surface area (Å²) in [5, 5.41) is 2.81. The third-order valence-electron chi connectivity index (χ3n) is 6.11. The Morgan fingerprint density at radius 1 is 1.19 bits per heavy atom. The van der Waals surface area contributed by atoms with Crippen LogP contribution in [-0.2, 0) is 19.1 Å². The number of hydrogen-bond donors (Lipinski definition) is 1. The van der Waals surface area contributed by atoms with Crippen LogP contribution in [0.15, 0.2) is 0 Å². The molecule has 2 heterocycles. The number of carbonyl (C=O) groups excluding carboxylic acids is 4. The smallest absolute Gasteiger partial charge is 0.327 e. The molecule has 0 radical (unpaired) electrons. The molecule has 3 rings (SSSR count). The number of nitrogens with zero attached hydrogens (tertiary/aromatic N) is 2. The molecule has 0 aromatic carbocycles. The van der Waals surface area contributed by atoms with Gasteiger partial charge in [0.2, 0.25) is 0 Å². The van der Waals surface area contributed by atoms with Crippen molar-refractivity contribution in [2.24, 2.45) is 5.92 Å². The van der Waals surface area contributed by atoms with Gasteiger partial charge in [0.1, 0.15) is 12.1 Å². The van der Waals surface area contributed by atoms with Gasteiger partial charge in [-0.05, 0) is 44.9 Å². The van der Waals surface area contributed by atoms with Gasteiger partial charge in [-0.3, -0.25) is 19.3 Å². The Morgan fingerprint density at radius 2 is 1.89 bits per heavy atom. The molecular formula is C19H29N3O5. The largest absolute Gasteiger partial charge is 0.451 e. The first-order valence-corrected chi connectivity index (χ1v) is 9.97. The van der Waals surface area contributed by atoms with Crippen LogP contribution in [0.25, 0.3) is 0 Å². The van der Waals surface area contributed by atoms with Gasteiger partial charge in [0.25, 0.3) is 11.8 Å². The minimum absolute atomic E-state index is 0.0309. The number of likely N-dealkylation sites (tertiary alicyclic amines) is 1. The summed E-state index contributed by atoms with van der Waals surface area (Å²) in [6.07, 6.45) is 5.45. The Morgan fingerprint density at radius 3 is 2.56 bits per heavy atom. The Balaban J connectivity index is 1.58. The van der Waals surface area contributed by atoms with Gasteiger partial charge in [0.15, 0.2) is 6.10 Å². The number of carbonyl (C=O) groups is 4. The van der Waals surface area contributed by atoms with E-state index in [1.54, 1.807) is 4.90 Å². The van der Waals surface area contributed by atoms with Crippen LogP contribution in [0.1, 0.15) is 58.8 Å². The van der Waals surface area contributed by atoms with Gasteiger partial charge in [-0.1, -0.05) is 19.8 Å². The lowest BCUT2D eigenvalue weighted by atomic mass is 9.73. The van der Waals surface area contributed by atoms with E-state index in [2.05, 4.69) is 5.32 Å². The minimum atomic E-state index is -0.918. The molecule has 3 atom stereocenters. The summed E-state index contributed by atoms with van der Waals surface area (Å²) in [4.78, 5) is 52.5. The van der Waals surface area contributed by atoms with E-state index in [-0.39, 0.29) is 17.7 Å². The van der Waals surface area contributed by atoms with Gasteiger partial charge in [-0.25, -0.2) is 4.79 Å². The van der Waals surface area contributed by atoms with E-state index in [4.69, 9.17) is 4.74 Å². The molecule has 3 aliphatic rings. The van der Waals surface area contributed by atoms with Crippen molar-refractivity contribution in [3.63, 3.8) is 0 Å². The quantitative estimate of drug-likeness (QED) is 0.589. The van der Waals surface area contributed by atoms with E-state index >= 15 is 0 Å². The second-order valence-corrected chi connectivity index (χ2v) is 7.96. The van der Waals surface area contributed by atoms with Crippen molar-refractivity contribution in [2.75, 3.05) is 19.6 Å². The number of piperidine rings is 1. The molecule has 0 aromatic heterocycles. The number of imide groups is 1. The number of amides is 4. The molecule has 1 spiro atoms. The average Bonchev–Trinajstić information content (AvgIpc) is 2.89. The topological polar surface area (TPSA) is 96.0 Å². The fourth-order valence-corrected chi connectivity index (χ4v) is 4.42. The summed E-state index contributed by atoms with van der Waals surface area (Å²) in [6.45, 7) is 4.38. The lowest BCUT2D eigenvalue weighted by Crippen LogP contribution is -2.54. The van der Waals surface area contributed by atoms with E-state index in [9.17, 15) is 19.2 Å². The van der Waals surface area contributed by atoms with E-state index in [0.29, 0.717) is 19.5 Å². The van der Waals surface area contributed by atoms with Crippen LogP contribution in [0.3, 0.4) is 0 Å². The summed E-state index contributed by atoms with van der Waals surface area (Å²) < 4.78 is 5.22. The van der Waals surface area contributed by atoms with Crippen LogP contribution in [0.5, 0.6) is 0 Å². The highest BCUT2D eigenvalue weighted by Gasteiger charge is 2.55. The zero-order valence-corrected chi connectivity index (χ0v) is 16.2. The summed E-state index contributed by atoms with van der Waals surface area (Å²) in [6, 6.07) is -0.555. The molecule has 1 N–H and O–H groups in total. The van der Waals surface area contributed by atoms with Gasteiger partial charge in [0, 0.05) is 13.1 Å². The first-order chi connectivity index (χ1) is 12.8. The maximum absolute atomic E-state index is 12.9. The molecule has 3 fully saturated rings. The molecule has 0 bridgehead atoms. The van der Waals surface area contributed by atoms with Crippen LogP contribution in [0.2, 0.25) is 0 Å². The molecule has 0 aromatic rings. The Kier molecular flexibility index (Phi) is 5.72. The van der Waals surface area contributed by atoms with Crippen LogP contribution in [0.4, 0.5) is 4.79 Å². The monoisotopic (exact) mass is 379 g/mol. The molecule has 1 aliphatic carbocycles. The average molecular weight is 379 g/mol. The van der Waals surface area contributed by atoms with Gasteiger partial charge in [-0.2, -0.15) is 0 Å². The van der Waals surface area contributed by atoms with Gasteiger partial charge < -0.3 is 15.0 Å². The second-order valence-electron chi connectivity index (χ2n) is 7.96. The van der Waals surface area contributed by atoms with Crippen LogP contribution in [0, 0.1) is 5.92 Å². The fraction of sp³-hybridized carbons (Fsp3) is 0.789. The number of nitrogens with one attached hydrogen (secondary N) is 1. The minimum Gasteiger partial charge on any atom is -0.451 e. The summed E-state index contributed by atoms with van der Waals surface area (Å²) >= 11 is 0. The van der Waals surface area contributed by atoms with Crippen molar-refractivity contribution in [1.82, 2.24) is 15.1 Å². The Bertz CT molecular complexity index is 631. The number of hydrogen-bond acceptors (Lipinski definition) is 5. The first-order valence-electron chi connectivity index (χ1n) is 9.97. The highest BCUT2D eigenvalue weighted by molar-refractivity contribution is 6.09. The lowest BCUT2D eigenvalue weighted by molar-refractivity contribution is -0.161. The lowest BCUT2D eigenvalue weighted by Gasteiger charge is -2.36. The van der Waals surface area contributed by atoms with Crippen molar-refractivity contribution in [1.29, 1.82) is 0 Å². The van der Waals surface area contributed by atoms with E-state index in [1.165, 1.54) is 6.92 Å². The van der Waals surface area contributed by atoms with Gasteiger partial charge in [0.05, 0.1) is 0 Å². The van der Waals surface area contributed by atoms with E-state index in [1.807, 2.05) is 6.92 Å². The number of esters is 1. The molecule has 2 aliphatic heterocycles. The zero-order valence-electron chi connectivity index (χ0n) is 16.2. The molecule has 27 heavy (non-hydrogen) atoms. The van der Waals surface area contributed by atoms with Crippen molar-refractivity contribution < 1.29 is 23.9 Å². The number of ether oxygens (including phenoxy) is 1. The van der Waals surface area contributed by atoms with E-state index < -0.39 is 30.2 Å². The standard InChI is InChI=1S/C19H29N3O5/c1-13-8-4-5-9-19(13)17(25)22(18(26)20-19)12-15(23)27-14(2)16(24)21-10-6-3-7-11-21/h13-14H,3-12H2,1-2H3,(H,20,26)/t13-,14-,19-/m0/s1. The third kappa shape index (κ3) is 3.80. The summed E-state index contributed by atoms with van der Waals surface area (Å²) in [7, 11) is 0. The Hall–Kier alpha value is -2.12. The van der Waals surface area contributed by atoms with Crippen molar-refractivity contribution in [2.45, 2.75) is 70.4 Å².